The standard InChI is InChI=1S/C26H26ClN3O3/c27-22-12-18-15-29-24(30-25(31)21-14-20(21)23-3-1-2-8-28-23)13-17(18)11-19(22)16-4-6-26(7-5-16)32-9-10-33-26/h1-3,8,11-13,15-16,20-21H,4-7,9-10,14H2,(H,29,30,31). The molecule has 1 spiro atoms. The number of amides is 1. The minimum absolute atomic E-state index is 0.000771. The largest absolute Gasteiger partial charge is 0.348 e. The molecule has 2 aliphatic carbocycles. The van der Waals surface area contributed by atoms with Crippen molar-refractivity contribution in [3.05, 3.63) is 65.1 Å². The van der Waals surface area contributed by atoms with Crippen molar-refractivity contribution in [2.24, 2.45) is 5.92 Å². The van der Waals surface area contributed by atoms with Gasteiger partial charge in [0, 0.05) is 53.2 Å². The first kappa shape index (κ1) is 21.0. The van der Waals surface area contributed by atoms with Gasteiger partial charge in [-0.1, -0.05) is 17.7 Å². The molecule has 2 aromatic heterocycles. The number of hydrogen-bond acceptors (Lipinski definition) is 5. The Labute approximate surface area is 197 Å². The summed E-state index contributed by atoms with van der Waals surface area (Å²) in [5.41, 5.74) is 2.13. The van der Waals surface area contributed by atoms with Crippen LogP contribution in [0.4, 0.5) is 5.82 Å². The fourth-order valence-corrected chi connectivity index (χ4v) is 5.67. The molecule has 2 unspecified atom stereocenters. The molecule has 170 valence electrons. The van der Waals surface area contributed by atoms with Crippen LogP contribution in [0.25, 0.3) is 10.8 Å². The van der Waals surface area contributed by atoms with Gasteiger partial charge < -0.3 is 14.8 Å². The predicted molar refractivity (Wildman–Crippen MR) is 126 cm³/mol. The molecule has 1 N–H and O–H groups in total. The van der Waals surface area contributed by atoms with Crippen molar-refractivity contribution in [3.63, 3.8) is 0 Å². The molecule has 2 atom stereocenters. The molecule has 33 heavy (non-hydrogen) atoms. The molecule has 0 bridgehead atoms. The molecule has 6 rings (SSSR count). The van der Waals surface area contributed by atoms with Crippen LogP contribution in [-0.4, -0.2) is 34.9 Å². The van der Waals surface area contributed by atoms with Gasteiger partial charge in [0.05, 0.1) is 13.2 Å². The second-order valence-electron chi connectivity index (χ2n) is 9.36. The first-order valence-electron chi connectivity index (χ1n) is 11.7. The summed E-state index contributed by atoms with van der Waals surface area (Å²) in [7, 11) is 0. The highest BCUT2D eigenvalue weighted by Gasteiger charge is 2.45. The summed E-state index contributed by atoms with van der Waals surface area (Å²) >= 11 is 6.67. The molecule has 3 heterocycles. The Hall–Kier alpha value is -2.54. The molecule has 6 nitrogen and oxygen atoms in total. The fourth-order valence-electron chi connectivity index (χ4n) is 5.34. The van der Waals surface area contributed by atoms with E-state index in [4.69, 9.17) is 21.1 Å². The molecular weight excluding hydrogens is 438 g/mol. The van der Waals surface area contributed by atoms with Gasteiger partial charge in [0.15, 0.2) is 5.79 Å². The topological polar surface area (TPSA) is 73.3 Å². The van der Waals surface area contributed by atoms with Crippen LogP contribution >= 0.6 is 11.6 Å². The van der Waals surface area contributed by atoms with Crippen molar-refractivity contribution >= 4 is 34.1 Å². The summed E-state index contributed by atoms with van der Waals surface area (Å²) in [6.45, 7) is 1.37. The molecular formula is C26H26ClN3O3. The number of fused-ring (bicyclic) bond motifs is 1. The average Bonchev–Trinajstić information content (AvgIpc) is 3.53. The van der Waals surface area contributed by atoms with E-state index in [2.05, 4.69) is 21.4 Å². The quantitative estimate of drug-likeness (QED) is 0.558. The van der Waals surface area contributed by atoms with Crippen molar-refractivity contribution in [2.45, 2.75) is 49.7 Å². The minimum Gasteiger partial charge on any atom is -0.348 e. The number of carbonyl (C=O) groups is 1. The van der Waals surface area contributed by atoms with Crippen LogP contribution in [0.1, 0.15) is 55.2 Å². The second kappa shape index (κ2) is 8.35. The van der Waals surface area contributed by atoms with Crippen LogP contribution < -0.4 is 5.32 Å². The van der Waals surface area contributed by atoms with E-state index in [9.17, 15) is 4.79 Å². The van der Waals surface area contributed by atoms with Crippen molar-refractivity contribution in [2.75, 3.05) is 18.5 Å². The number of carbonyl (C=O) groups excluding carboxylic acids is 1. The third-order valence-corrected chi connectivity index (χ3v) is 7.61. The Balaban J connectivity index is 1.17. The highest BCUT2D eigenvalue weighted by atomic mass is 35.5. The average molecular weight is 464 g/mol. The summed E-state index contributed by atoms with van der Waals surface area (Å²) in [5, 5.41) is 5.77. The molecule has 2 saturated carbocycles. The normalized spacial score (nSPS) is 24.3. The number of benzene rings is 1. The maximum atomic E-state index is 12.8. The minimum atomic E-state index is -0.378. The van der Waals surface area contributed by atoms with Crippen LogP contribution in [0, 0.1) is 5.92 Å². The third kappa shape index (κ3) is 4.12. The van der Waals surface area contributed by atoms with Crippen LogP contribution in [0.3, 0.4) is 0 Å². The maximum absolute atomic E-state index is 12.8. The van der Waals surface area contributed by atoms with Gasteiger partial charge in [0.25, 0.3) is 0 Å². The van der Waals surface area contributed by atoms with E-state index in [1.807, 2.05) is 30.3 Å². The van der Waals surface area contributed by atoms with Crippen molar-refractivity contribution in [1.29, 1.82) is 0 Å². The second-order valence-corrected chi connectivity index (χ2v) is 9.77. The molecule has 0 radical (unpaired) electrons. The molecule has 3 aliphatic rings. The number of ether oxygens (including phenoxy) is 2. The van der Waals surface area contributed by atoms with E-state index in [1.165, 1.54) is 0 Å². The molecule has 3 aromatic rings. The lowest BCUT2D eigenvalue weighted by molar-refractivity contribution is -0.178. The summed E-state index contributed by atoms with van der Waals surface area (Å²) < 4.78 is 11.7. The zero-order chi connectivity index (χ0) is 22.4. The van der Waals surface area contributed by atoms with Gasteiger partial charge in [0.2, 0.25) is 5.91 Å². The number of halogens is 1. The molecule has 1 aliphatic heterocycles. The van der Waals surface area contributed by atoms with Crippen molar-refractivity contribution in [3.8, 4) is 0 Å². The van der Waals surface area contributed by atoms with Crippen LogP contribution in [0.5, 0.6) is 0 Å². The first-order valence-corrected chi connectivity index (χ1v) is 12.1. The highest BCUT2D eigenvalue weighted by Crippen LogP contribution is 2.47. The number of nitrogens with zero attached hydrogens (tertiary/aromatic N) is 2. The molecule has 1 amide bonds. The first-order chi connectivity index (χ1) is 16.1. The third-order valence-electron chi connectivity index (χ3n) is 7.28. The summed E-state index contributed by atoms with van der Waals surface area (Å²) in [6, 6.07) is 11.9. The van der Waals surface area contributed by atoms with Gasteiger partial charge in [-0.05, 0) is 66.5 Å². The van der Waals surface area contributed by atoms with Crippen LogP contribution in [0.15, 0.2) is 48.8 Å². The molecule has 3 fully saturated rings. The lowest BCUT2D eigenvalue weighted by Crippen LogP contribution is -2.34. The van der Waals surface area contributed by atoms with E-state index in [0.717, 1.165) is 59.2 Å². The van der Waals surface area contributed by atoms with Gasteiger partial charge in [-0.15, -0.1) is 0 Å². The van der Waals surface area contributed by atoms with Gasteiger partial charge in [0.1, 0.15) is 5.82 Å². The van der Waals surface area contributed by atoms with Gasteiger partial charge >= 0.3 is 0 Å². The molecule has 7 heteroatoms. The van der Waals surface area contributed by atoms with Gasteiger partial charge in [-0.25, -0.2) is 4.98 Å². The summed E-state index contributed by atoms with van der Waals surface area (Å²) in [5.74, 6) is 0.713. The van der Waals surface area contributed by atoms with E-state index in [1.54, 1.807) is 12.4 Å². The van der Waals surface area contributed by atoms with Gasteiger partial charge in [-0.3, -0.25) is 9.78 Å². The Morgan fingerprint density at radius 2 is 1.88 bits per heavy atom. The Kier molecular flexibility index (Phi) is 5.32. The number of anilines is 1. The molecule has 1 aromatic carbocycles. The van der Waals surface area contributed by atoms with Crippen molar-refractivity contribution < 1.29 is 14.3 Å². The number of pyridine rings is 2. The Bertz CT molecular complexity index is 1190. The number of rotatable bonds is 4. The lowest BCUT2D eigenvalue weighted by atomic mass is 9.80. The van der Waals surface area contributed by atoms with Crippen LogP contribution in [0.2, 0.25) is 5.02 Å². The van der Waals surface area contributed by atoms with E-state index in [0.29, 0.717) is 24.9 Å². The fraction of sp³-hybridized carbons (Fsp3) is 0.423. The maximum Gasteiger partial charge on any atom is 0.229 e. The van der Waals surface area contributed by atoms with E-state index < -0.39 is 0 Å². The monoisotopic (exact) mass is 463 g/mol. The van der Waals surface area contributed by atoms with Crippen molar-refractivity contribution in [1.82, 2.24) is 9.97 Å². The smallest absolute Gasteiger partial charge is 0.229 e. The Morgan fingerprint density at radius 3 is 2.64 bits per heavy atom. The zero-order valence-electron chi connectivity index (χ0n) is 18.3. The molecule has 1 saturated heterocycles. The number of aromatic nitrogens is 2. The van der Waals surface area contributed by atoms with Gasteiger partial charge in [-0.2, -0.15) is 0 Å². The predicted octanol–water partition coefficient (Wildman–Crippen LogP) is 5.43. The summed E-state index contributed by atoms with van der Waals surface area (Å²) in [4.78, 5) is 21.6. The summed E-state index contributed by atoms with van der Waals surface area (Å²) in [6.07, 6.45) is 8.13. The Morgan fingerprint density at radius 1 is 1.06 bits per heavy atom. The zero-order valence-corrected chi connectivity index (χ0v) is 19.1. The number of nitrogens with one attached hydrogen (secondary N) is 1. The van der Waals surface area contributed by atoms with E-state index in [-0.39, 0.29) is 23.5 Å². The lowest BCUT2D eigenvalue weighted by Gasteiger charge is -2.35. The SMILES string of the molecule is O=C(Nc1cc2cc(C3CCC4(CC3)OCCO4)c(Cl)cc2cn1)C1CC1c1ccccn1. The highest BCUT2D eigenvalue weighted by molar-refractivity contribution is 6.32. The van der Waals surface area contributed by atoms with E-state index >= 15 is 0 Å². The number of hydrogen-bond donors (Lipinski definition) is 1. The van der Waals surface area contributed by atoms with Crippen LogP contribution in [-0.2, 0) is 14.3 Å².